The van der Waals surface area contributed by atoms with Crippen LogP contribution in [-0.4, -0.2) is 22.9 Å². The van der Waals surface area contributed by atoms with Gasteiger partial charge >= 0.3 is 0 Å². The first-order valence-electron chi connectivity index (χ1n) is 8.94. The first-order chi connectivity index (χ1) is 10.9. The summed E-state index contributed by atoms with van der Waals surface area (Å²) in [6.07, 6.45) is 7.04. The second-order valence-electron chi connectivity index (χ2n) is 7.73. The first kappa shape index (κ1) is 16.4. The number of allylic oxidation sites excluding steroid dienone is 8. The Kier molecular flexibility index (Phi) is 4.44. The van der Waals surface area contributed by atoms with Gasteiger partial charge in [-0.15, -0.1) is 0 Å². The zero-order valence-corrected chi connectivity index (χ0v) is 15.5. The van der Waals surface area contributed by atoms with Crippen LogP contribution in [0.1, 0.15) is 54.4 Å². The fourth-order valence-corrected chi connectivity index (χ4v) is 4.69. The van der Waals surface area contributed by atoms with Gasteiger partial charge in [0.1, 0.15) is 0 Å². The molecule has 3 aliphatic rings. The highest BCUT2D eigenvalue weighted by Gasteiger charge is 2.32. The van der Waals surface area contributed by atoms with Crippen LogP contribution in [0, 0.1) is 18.5 Å². The largest absolute Gasteiger partial charge is 0.343 e. The molecule has 1 fully saturated rings. The molecule has 2 heteroatoms. The topological polar surface area (TPSA) is 6.48 Å². The van der Waals surface area contributed by atoms with Crippen LogP contribution in [0.5, 0.6) is 0 Å². The molecular formula is C21H30N2. The Morgan fingerprint density at radius 2 is 1.17 bits per heavy atom. The summed E-state index contributed by atoms with van der Waals surface area (Å²) in [4.78, 5) is 4.75. The van der Waals surface area contributed by atoms with Crippen LogP contribution < -0.4 is 0 Å². The highest BCUT2D eigenvalue weighted by molar-refractivity contribution is 5.36. The molecule has 2 nitrogen and oxygen atoms in total. The average Bonchev–Trinajstić information content (AvgIpc) is 2.85. The van der Waals surface area contributed by atoms with Gasteiger partial charge in [0.05, 0.1) is 0 Å². The lowest BCUT2D eigenvalue weighted by atomic mass is 9.88. The lowest BCUT2D eigenvalue weighted by Gasteiger charge is -2.33. The van der Waals surface area contributed by atoms with Crippen LogP contribution in [0.15, 0.2) is 45.8 Å². The summed E-state index contributed by atoms with van der Waals surface area (Å²) < 4.78 is 0. The molecule has 124 valence electrons. The molecular weight excluding hydrogens is 280 g/mol. The minimum Gasteiger partial charge on any atom is -0.343 e. The average molecular weight is 310 g/mol. The molecule has 2 atom stereocenters. The van der Waals surface area contributed by atoms with Crippen molar-refractivity contribution in [3.63, 3.8) is 0 Å². The Morgan fingerprint density at radius 3 is 1.52 bits per heavy atom. The van der Waals surface area contributed by atoms with Crippen LogP contribution in [0.25, 0.3) is 0 Å². The first-order valence-corrected chi connectivity index (χ1v) is 8.94. The molecule has 0 unspecified atom stereocenters. The van der Waals surface area contributed by atoms with Crippen molar-refractivity contribution in [1.82, 2.24) is 9.80 Å². The predicted molar refractivity (Wildman–Crippen MR) is 97.1 cm³/mol. The van der Waals surface area contributed by atoms with Gasteiger partial charge in [0.25, 0.3) is 0 Å². The molecule has 23 heavy (non-hydrogen) atoms. The number of nitrogens with zero attached hydrogens (tertiary/aromatic N) is 2. The van der Waals surface area contributed by atoms with E-state index in [1.54, 1.807) is 0 Å². The van der Waals surface area contributed by atoms with E-state index in [0.29, 0.717) is 11.8 Å². The highest BCUT2D eigenvalue weighted by Crippen LogP contribution is 2.38. The normalized spacial score (nSPS) is 29.3. The lowest BCUT2D eigenvalue weighted by molar-refractivity contribution is 0.349. The van der Waals surface area contributed by atoms with Crippen LogP contribution in [-0.2, 0) is 0 Å². The number of hydrogen-bond donors (Lipinski definition) is 0. The molecule has 0 saturated carbocycles. The van der Waals surface area contributed by atoms with E-state index >= 15 is 0 Å². The molecule has 0 aromatic heterocycles. The molecule has 1 saturated heterocycles. The van der Waals surface area contributed by atoms with Gasteiger partial charge in [-0.1, -0.05) is 37.1 Å². The van der Waals surface area contributed by atoms with Gasteiger partial charge in [0.2, 0.25) is 6.67 Å². The van der Waals surface area contributed by atoms with Crippen molar-refractivity contribution in [2.75, 3.05) is 13.1 Å². The molecule has 0 bridgehead atoms. The van der Waals surface area contributed by atoms with E-state index in [0.717, 1.165) is 13.1 Å². The summed E-state index contributed by atoms with van der Waals surface area (Å²) in [5, 5.41) is 0. The molecule has 0 amide bonds. The summed E-state index contributed by atoms with van der Waals surface area (Å²) >= 11 is 0. The third-order valence-corrected chi connectivity index (χ3v) is 5.29. The van der Waals surface area contributed by atoms with Crippen molar-refractivity contribution in [2.45, 2.75) is 54.4 Å². The second-order valence-corrected chi connectivity index (χ2v) is 7.73. The minimum atomic E-state index is 0.591. The summed E-state index contributed by atoms with van der Waals surface area (Å²) in [5.41, 5.74) is 8.74. The fourth-order valence-electron chi connectivity index (χ4n) is 4.69. The van der Waals surface area contributed by atoms with Crippen molar-refractivity contribution in [2.24, 2.45) is 11.8 Å². The SMILES string of the molecule is CC1=CC(C)=C(N2[C]N(C3=C(C)C=C(C)C[C@@H]3C)CC2)[C@H](C)C1. The summed E-state index contributed by atoms with van der Waals surface area (Å²) in [7, 11) is 0. The van der Waals surface area contributed by atoms with Crippen molar-refractivity contribution >= 4 is 0 Å². The number of rotatable bonds is 2. The molecule has 3 rings (SSSR count). The van der Waals surface area contributed by atoms with Gasteiger partial charge in [0, 0.05) is 36.3 Å². The highest BCUT2D eigenvalue weighted by atomic mass is 15.4. The van der Waals surface area contributed by atoms with E-state index in [2.05, 4.69) is 70.2 Å². The minimum absolute atomic E-state index is 0.591. The molecule has 2 radical (unpaired) electrons. The van der Waals surface area contributed by atoms with E-state index in [-0.39, 0.29) is 0 Å². The molecule has 1 aliphatic heterocycles. The van der Waals surface area contributed by atoms with Crippen LogP contribution in [0.2, 0.25) is 0 Å². The van der Waals surface area contributed by atoms with Crippen LogP contribution in [0.4, 0.5) is 0 Å². The smallest absolute Gasteiger partial charge is 0.208 e. The van der Waals surface area contributed by atoms with Crippen molar-refractivity contribution < 1.29 is 0 Å². The maximum absolute atomic E-state index is 3.67. The van der Waals surface area contributed by atoms with Gasteiger partial charge in [0.15, 0.2) is 0 Å². The third kappa shape index (κ3) is 3.13. The van der Waals surface area contributed by atoms with Gasteiger partial charge in [-0.25, -0.2) is 0 Å². The monoisotopic (exact) mass is 310 g/mol. The van der Waals surface area contributed by atoms with Crippen LogP contribution >= 0.6 is 0 Å². The standard InChI is InChI=1S/C21H30N2/c1-14-9-16(3)20(17(4)10-14)22-7-8-23(13-22)21-18(5)11-15(2)12-19(21)6/h9,11,17,19H,7-8,10,12H2,1-6H3/t17-,19+. The lowest BCUT2D eigenvalue weighted by Crippen LogP contribution is -2.27. The zero-order chi connectivity index (χ0) is 16.7. The molecule has 2 aliphatic carbocycles. The van der Waals surface area contributed by atoms with Gasteiger partial charge in [-0.3, -0.25) is 0 Å². The third-order valence-electron chi connectivity index (χ3n) is 5.29. The van der Waals surface area contributed by atoms with Gasteiger partial charge in [-0.2, -0.15) is 0 Å². The fraction of sp³-hybridized carbons (Fsp3) is 0.571. The van der Waals surface area contributed by atoms with E-state index in [9.17, 15) is 0 Å². The molecule has 0 aromatic carbocycles. The van der Waals surface area contributed by atoms with Crippen LogP contribution in [0.3, 0.4) is 0 Å². The van der Waals surface area contributed by atoms with Crippen molar-refractivity contribution in [1.29, 1.82) is 0 Å². The summed E-state index contributed by atoms with van der Waals surface area (Å²) in [6, 6.07) is 0. The zero-order valence-electron chi connectivity index (χ0n) is 15.5. The van der Waals surface area contributed by atoms with Crippen molar-refractivity contribution in [3.8, 4) is 0 Å². The van der Waals surface area contributed by atoms with E-state index < -0.39 is 0 Å². The quantitative estimate of drug-likeness (QED) is 0.698. The van der Waals surface area contributed by atoms with E-state index in [4.69, 9.17) is 0 Å². The Hall–Kier alpha value is -1.44. The predicted octanol–water partition coefficient (Wildman–Crippen LogP) is 5.12. The summed E-state index contributed by atoms with van der Waals surface area (Å²) in [6.45, 7) is 19.5. The molecule has 1 heterocycles. The molecule has 0 aromatic rings. The maximum Gasteiger partial charge on any atom is 0.208 e. The Labute approximate surface area is 142 Å². The van der Waals surface area contributed by atoms with Gasteiger partial charge in [-0.05, 0) is 51.7 Å². The molecule has 0 spiro atoms. The Bertz CT molecular complexity index is 564. The second kappa shape index (κ2) is 6.22. The van der Waals surface area contributed by atoms with E-state index in [1.165, 1.54) is 46.5 Å². The summed E-state index contributed by atoms with van der Waals surface area (Å²) in [5.74, 6) is 1.18. The molecule has 0 N–H and O–H groups in total. The Balaban J connectivity index is 1.82. The van der Waals surface area contributed by atoms with Gasteiger partial charge < -0.3 is 9.80 Å². The maximum atomic E-state index is 3.67. The Morgan fingerprint density at radius 1 is 0.783 bits per heavy atom. The van der Waals surface area contributed by atoms with Crippen molar-refractivity contribution in [3.05, 3.63) is 52.5 Å². The van der Waals surface area contributed by atoms with E-state index in [1.807, 2.05) is 0 Å². The number of hydrogen-bond acceptors (Lipinski definition) is 2.